The van der Waals surface area contributed by atoms with Crippen molar-refractivity contribution in [2.75, 3.05) is 39.6 Å². The molecule has 0 aromatic heterocycles. The van der Waals surface area contributed by atoms with E-state index in [0.717, 1.165) is 114 Å². The highest BCUT2D eigenvalue weighted by Gasteiger charge is 2.30. The highest BCUT2D eigenvalue weighted by molar-refractivity contribution is 7.47. The van der Waals surface area contributed by atoms with Crippen LogP contribution in [0.15, 0.2) is 0 Å². The number of hydrogen-bond acceptors (Lipinski definition) is 15. The van der Waals surface area contributed by atoms with Crippen molar-refractivity contribution in [3.63, 3.8) is 0 Å². The second-order valence-corrected chi connectivity index (χ2v) is 29.5. The van der Waals surface area contributed by atoms with Crippen molar-refractivity contribution in [3.05, 3.63) is 0 Å². The van der Waals surface area contributed by atoms with E-state index in [4.69, 9.17) is 37.0 Å². The molecule has 0 spiro atoms. The van der Waals surface area contributed by atoms with Gasteiger partial charge in [-0.15, -0.1) is 0 Å². The van der Waals surface area contributed by atoms with Crippen LogP contribution in [0.4, 0.5) is 0 Å². The molecule has 88 heavy (non-hydrogen) atoms. The van der Waals surface area contributed by atoms with Crippen molar-refractivity contribution in [2.45, 2.75) is 356 Å². The van der Waals surface area contributed by atoms with E-state index in [2.05, 4.69) is 55.4 Å². The lowest BCUT2D eigenvalue weighted by atomic mass is 10.00. The Morgan fingerprint density at radius 3 is 0.807 bits per heavy atom. The van der Waals surface area contributed by atoms with Gasteiger partial charge in [0.1, 0.15) is 19.3 Å². The zero-order valence-electron chi connectivity index (χ0n) is 57.3. The molecule has 0 saturated heterocycles. The monoisotopic (exact) mass is 1300 g/mol. The fourth-order valence-corrected chi connectivity index (χ4v) is 11.9. The summed E-state index contributed by atoms with van der Waals surface area (Å²) in [7, 11) is -9.90. The summed E-state index contributed by atoms with van der Waals surface area (Å²) in [5, 5.41) is 10.6. The molecule has 0 radical (unpaired) electrons. The van der Waals surface area contributed by atoms with Gasteiger partial charge in [0.05, 0.1) is 26.4 Å². The summed E-state index contributed by atoms with van der Waals surface area (Å²) in [6, 6.07) is 0. The van der Waals surface area contributed by atoms with Crippen molar-refractivity contribution in [3.8, 4) is 0 Å². The lowest BCUT2D eigenvalue weighted by molar-refractivity contribution is -0.161. The average molecular weight is 1300 g/mol. The third kappa shape index (κ3) is 61.6. The number of aliphatic hydroxyl groups excluding tert-OH is 1. The Kier molecular flexibility index (Phi) is 57.6. The van der Waals surface area contributed by atoms with Crippen molar-refractivity contribution >= 4 is 39.5 Å². The maximum absolute atomic E-state index is 13.0. The molecule has 0 aromatic carbocycles. The summed E-state index contributed by atoms with van der Waals surface area (Å²) in [4.78, 5) is 72.4. The number of phosphoric ester groups is 2. The summed E-state index contributed by atoms with van der Waals surface area (Å²) in [6.45, 7) is 14.0. The standard InChI is InChI=1S/C69H134O17P2/c1-9-62(8)48-40-32-26-28-34-42-50-67(72)80-56-65(86-69(74)52-44-36-27-25-31-39-47-61(6)7)58-84-88(77,78)82-54-63(70)53-81-87(75,76)83-57-64(85-68(73)51-43-35-24-20-16-18-22-30-38-46-60(4)5)55-79-66(71)49-41-33-23-19-15-13-11-10-12-14-17-21-29-37-45-59(2)3/h59-65,70H,9-58H2,1-8H3,(H,75,76)(H,77,78)/t62?,63-,64-,65-/m1/s1. The third-order valence-electron chi connectivity index (χ3n) is 16.2. The minimum absolute atomic E-state index is 0.101. The highest BCUT2D eigenvalue weighted by Crippen LogP contribution is 2.45. The Labute approximate surface area is 537 Å². The number of rotatable bonds is 66. The molecule has 19 heteroatoms. The van der Waals surface area contributed by atoms with Crippen molar-refractivity contribution < 1.29 is 80.2 Å². The Bertz CT molecular complexity index is 1750. The molecule has 0 bridgehead atoms. The summed E-state index contributed by atoms with van der Waals surface area (Å²) >= 11 is 0. The summed E-state index contributed by atoms with van der Waals surface area (Å²) in [5.41, 5.74) is 0. The van der Waals surface area contributed by atoms with Crippen LogP contribution in [0.3, 0.4) is 0 Å². The van der Waals surface area contributed by atoms with Crippen molar-refractivity contribution in [2.24, 2.45) is 23.7 Å². The van der Waals surface area contributed by atoms with Crippen LogP contribution in [0, 0.1) is 23.7 Å². The Balaban J connectivity index is 5.21. The maximum atomic E-state index is 13.0. The Morgan fingerprint density at radius 1 is 0.318 bits per heavy atom. The van der Waals surface area contributed by atoms with Crippen LogP contribution in [0.2, 0.25) is 0 Å². The fraction of sp³-hybridized carbons (Fsp3) is 0.942. The second kappa shape index (κ2) is 58.8. The first-order valence-electron chi connectivity index (χ1n) is 35.7. The third-order valence-corrected chi connectivity index (χ3v) is 18.1. The fourth-order valence-electron chi connectivity index (χ4n) is 10.3. The van der Waals surface area contributed by atoms with Crippen LogP contribution in [-0.2, 0) is 65.4 Å². The molecule has 17 nitrogen and oxygen atoms in total. The van der Waals surface area contributed by atoms with Gasteiger partial charge in [-0.2, -0.15) is 0 Å². The zero-order chi connectivity index (χ0) is 65.4. The number of aliphatic hydroxyl groups is 1. The molecule has 0 amide bonds. The predicted molar refractivity (Wildman–Crippen MR) is 354 cm³/mol. The number of carbonyl (C=O) groups excluding carboxylic acids is 4. The van der Waals surface area contributed by atoms with Gasteiger partial charge >= 0.3 is 39.5 Å². The van der Waals surface area contributed by atoms with E-state index in [1.54, 1.807) is 0 Å². The minimum Gasteiger partial charge on any atom is -0.462 e. The SMILES string of the molecule is CCC(C)CCCCCCCCC(=O)OC[C@H](COP(=O)(O)OC[C@H](O)COP(=O)(O)OC[C@@H](COC(=O)CCCCCCCCCCCCCCCCC(C)C)OC(=O)CCCCCCCCCCCC(C)C)OC(=O)CCCCCCCCC(C)C. The molecular weight excluding hydrogens is 1160 g/mol. The van der Waals surface area contributed by atoms with Gasteiger partial charge in [0, 0.05) is 25.7 Å². The van der Waals surface area contributed by atoms with Gasteiger partial charge in [-0.3, -0.25) is 37.3 Å². The number of esters is 4. The molecule has 6 atom stereocenters. The molecule has 0 aliphatic rings. The van der Waals surface area contributed by atoms with Gasteiger partial charge in [-0.1, -0.05) is 287 Å². The molecule has 3 N–H and O–H groups in total. The maximum Gasteiger partial charge on any atom is 0.472 e. The van der Waals surface area contributed by atoms with Gasteiger partial charge < -0.3 is 33.8 Å². The lowest BCUT2D eigenvalue weighted by Crippen LogP contribution is -2.30. The van der Waals surface area contributed by atoms with Crippen LogP contribution in [0.1, 0.15) is 338 Å². The Morgan fingerprint density at radius 2 is 0.545 bits per heavy atom. The van der Waals surface area contributed by atoms with E-state index in [1.165, 1.54) is 135 Å². The molecule has 3 unspecified atom stereocenters. The van der Waals surface area contributed by atoms with Crippen LogP contribution >= 0.6 is 15.6 Å². The van der Waals surface area contributed by atoms with E-state index in [9.17, 15) is 43.2 Å². The molecule has 0 aliphatic carbocycles. The van der Waals surface area contributed by atoms with E-state index >= 15 is 0 Å². The number of carbonyl (C=O) groups is 4. The van der Waals surface area contributed by atoms with E-state index < -0.39 is 97.5 Å². The average Bonchev–Trinajstić information content (AvgIpc) is 3.56. The van der Waals surface area contributed by atoms with E-state index in [-0.39, 0.29) is 25.7 Å². The first kappa shape index (κ1) is 86.1. The van der Waals surface area contributed by atoms with Gasteiger partial charge in [0.15, 0.2) is 12.2 Å². The highest BCUT2D eigenvalue weighted by atomic mass is 31.2. The minimum atomic E-state index is -4.95. The molecule has 0 aliphatic heterocycles. The molecule has 0 rings (SSSR count). The molecule has 0 saturated carbocycles. The largest absolute Gasteiger partial charge is 0.472 e. The van der Waals surface area contributed by atoms with E-state index in [0.29, 0.717) is 31.6 Å². The topological polar surface area (TPSA) is 237 Å². The predicted octanol–water partition coefficient (Wildman–Crippen LogP) is 19.3. The van der Waals surface area contributed by atoms with Crippen LogP contribution in [-0.4, -0.2) is 96.7 Å². The lowest BCUT2D eigenvalue weighted by Gasteiger charge is -2.21. The van der Waals surface area contributed by atoms with Gasteiger partial charge in [0.2, 0.25) is 0 Å². The molecule has 0 heterocycles. The van der Waals surface area contributed by atoms with Crippen molar-refractivity contribution in [1.82, 2.24) is 0 Å². The van der Waals surface area contributed by atoms with Gasteiger partial charge in [0.25, 0.3) is 0 Å². The zero-order valence-corrected chi connectivity index (χ0v) is 59.1. The quantitative estimate of drug-likeness (QED) is 0.0222. The molecule has 0 aromatic rings. The van der Waals surface area contributed by atoms with Crippen LogP contribution < -0.4 is 0 Å². The second-order valence-electron chi connectivity index (χ2n) is 26.6. The van der Waals surface area contributed by atoms with Gasteiger partial charge in [-0.05, 0) is 49.4 Å². The first-order valence-corrected chi connectivity index (χ1v) is 38.7. The number of phosphoric acid groups is 2. The number of hydrogen-bond donors (Lipinski definition) is 3. The number of ether oxygens (including phenoxy) is 4. The summed E-state index contributed by atoms with van der Waals surface area (Å²) in [6.07, 6.45) is 40.6. The first-order chi connectivity index (χ1) is 42.1. The van der Waals surface area contributed by atoms with Crippen LogP contribution in [0.25, 0.3) is 0 Å². The van der Waals surface area contributed by atoms with Gasteiger partial charge in [-0.25, -0.2) is 9.13 Å². The smallest absolute Gasteiger partial charge is 0.462 e. The molecule has 522 valence electrons. The normalized spacial score (nSPS) is 14.6. The number of unbranched alkanes of at least 4 members (excludes halogenated alkanes) is 31. The molecular formula is C69H134O17P2. The summed E-state index contributed by atoms with van der Waals surface area (Å²) in [5.74, 6) is 0.799. The Hall–Kier alpha value is -1.94. The van der Waals surface area contributed by atoms with E-state index in [1.807, 2.05) is 0 Å². The van der Waals surface area contributed by atoms with Crippen molar-refractivity contribution in [1.29, 1.82) is 0 Å². The summed E-state index contributed by atoms with van der Waals surface area (Å²) < 4.78 is 68.2. The molecule has 0 fully saturated rings. The van der Waals surface area contributed by atoms with Crippen LogP contribution in [0.5, 0.6) is 0 Å².